The fourth-order valence-electron chi connectivity index (χ4n) is 2.58. The lowest BCUT2D eigenvalue weighted by atomic mass is 10.2. The van der Waals surface area contributed by atoms with Crippen LogP contribution in [0.15, 0.2) is 34.1 Å². The number of aromatic amines is 1. The molecule has 0 saturated carbocycles. The molecule has 116 valence electrons. The van der Waals surface area contributed by atoms with Gasteiger partial charge in [0.25, 0.3) is 5.56 Å². The number of para-hydroxylation sites is 1. The van der Waals surface area contributed by atoms with Gasteiger partial charge >= 0.3 is 0 Å². The lowest BCUT2D eigenvalue weighted by Gasteiger charge is -2.24. The average molecular weight is 301 g/mol. The highest BCUT2D eigenvalue weighted by Crippen LogP contribution is 2.05. The van der Waals surface area contributed by atoms with Gasteiger partial charge in [-0.2, -0.15) is 0 Å². The molecular formula is C15H19N5O2. The van der Waals surface area contributed by atoms with Crippen LogP contribution in [0.4, 0.5) is 0 Å². The van der Waals surface area contributed by atoms with Crippen molar-refractivity contribution < 1.29 is 10.4 Å². The minimum atomic E-state index is -0.466. The van der Waals surface area contributed by atoms with Crippen molar-refractivity contribution in [2.75, 3.05) is 39.3 Å². The number of aliphatic imine (C=N–C) groups is 1. The number of nitrogens with zero attached hydrogens (tertiary/aromatic N) is 3. The maximum absolute atomic E-state index is 12.1. The number of piperazine rings is 1. The molecule has 1 aromatic heterocycles. The maximum atomic E-state index is 12.1. The highest BCUT2D eigenvalue weighted by atomic mass is 16.3. The number of quaternary nitrogens is 1. The first-order valence-corrected chi connectivity index (χ1v) is 7.49. The third kappa shape index (κ3) is 3.32. The highest BCUT2D eigenvalue weighted by molar-refractivity contribution is 5.89. The first-order chi connectivity index (χ1) is 10.7. The Labute approximate surface area is 127 Å². The Hall–Kier alpha value is -2.25. The molecule has 1 saturated heterocycles. The van der Waals surface area contributed by atoms with Crippen LogP contribution in [0.3, 0.4) is 0 Å². The van der Waals surface area contributed by atoms with Crippen LogP contribution in [-0.2, 0) is 0 Å². The minimum Gasteiger partial charge on any atom is -0.856 e. The molecule has 0 spiro atoms. The summed E-state index contributed by atoms with van der Waals surface area (Å²) in [6.07, 6.45) is 0. The summed E-state index contributed by atoms with van der Waals surface area (Å²) in [5.74, 6) is -0.456. The molecule has 2 heterocycles. The summed E-state index contributed by atoms with van der Waals surface area (Å²) < 4.78 is 0. The van der Waals surface area contributed by atoms with E-state index in [1.165, 1.54) is 0 Å². The van der Waals surface area contributed by atoms with Crippen molar-refractivity contribution in [1.29, 1.82) is 0 Å². The van der Waals surface area contributed by atoms with Crippen LogP contribution in [0.25, 0.3) is 10.9 Å². The molecule has 0 aliphatic carbocycles. The fourth-order valence-corrected chi connectivity index (χ4v) is 2.58. The summed E-state index contributed by atoms with van der Waals surface area (Å²) in [5, 5.41) is 14.8. The number of hydrogen-bond donors (Lipinski definition) is 2. The Bertz CT molecular complexity index is 734. The summed E-state index contributed by atoms with van der Waals surface area (Å²) >= 11 is 0. The lowest BCUT2D eigenvalue weighted by Crippen LogP contribution is -2.89. The van der Waals surface area contributed by atoms with Gasteiger partial charge in [-0.1, -0.05) is 12.1 Å². The first-order valence-electron chi connectivity index (χ1n) is 7.49. The zero-order valence-electron chi connectivity index (χ0n) is 12.3. The molecule has 1 fully saturated rings. The average Bonchev–Trinajstić information content (AvgIpc) is 2.56. The van der Waals surface area contributed by atoms with Crippen molar-refractivity contribution in [2.45, 2.75) is 0 Å². The summed E-state index contributed by atoms with van der Waals surface area (Å²) in [6, 6.07) is 6.94. The molecule has 0 atom stereocenters. The Morgan fingerprint density at radius 2 is 2.14 bits per heavy atom. The molecule has 1 aliphatic heterocycles. The summed E-state index contributed by atoms with van der Waals surface area (Å²) in [4.78, 5) is 24.9. The zero-order chi connectivity index (χ0) is 15.4. The lowest BCUT2D eigenvalue weighted by molar-refractivity contribution is -0.663. The summed E-state index contributed by atoms with van der Waals surface area (Å²) in [5.41, 5.74) is 0.201. The number of nitrogens with two attached hydrogens (primary N) is 1. The molecule has 0 unspecified atom stereocenters. The van der Waals surface area contributed by atoms with Gasteiger partial charge in [-0.05, 0) is 12.1 Å². The van der Waals surface area contributed by atoms with E-state index in [1.807, 2.05) is 0 Å². The highest BCUT2D eigenvalue weighted by Gasteiger charge is 2.10. The van der Waals surface area contributed by atoms with E-state index in [0.717, 1.165) is 32.7 Å². The molecule has 2 aromatic rings. The minimum absolute atomic E-state index is 0.00989. The van der Waals surface area contributed by atoms with Crippen molar-refractivity contribution in [1.82, 2.24) is 14.9 Å². The second-order valence-corrected chi connectivity index (χ2v) is 5.33. The van der Waals surface area contributed by atoms with Crippen molar-refractivity contribution in [2.24, 2.45) is 4.99 Å². The van der Waals surface area contributed by atoms with E-state index in [0.29, 0.717) is 17.4 Å². The number of rotatable bonds is 4. The van der Waals surface area contributed by atoms with Gasteiger partial charge < -0.3 is 15.4 Å². The van der Waals surface area contributed by atoms with Crippen LogP contribution in [0.1, 0.15) is 5.82 Å². The molecule has 3 rings (SSSR count). The van der Waals surface area contributed by atoms with Crippen LogP contribution in [0, 0.1) is 0 Å². The van der Waals surface area contributed by atoms with Gasteiger partial charge in [-0.25, -0.2) is 4.98 Å². The van der Waals surface area contributed by atoms with Crippen molar-refractivity contribution in [3.8, 4) is 0 Å². The van der Waals surface area contributed by atoms with Crippen LogP contribution in [0.5, 0.6) is 0 Å². The van der Waals surface area contributed by atoms with Gasteiger partial charge in [-0.3, -0.25) is 14.7 Å². The number of fused-ring (bicyclic) bond motifs is 1. The molecule has 0 radical (unpaired) electrons. The molecule has 1 aromatic carbocycles. The Balaban J connectivity index is 1.72. The van der Waals surface area contributed by atoms with Crippen molar-refractivity contribution >= 4 is 16.8 Å². The van der Waals surface area contributed by atoms with Crippen LogP contribution in [-0.4, -0.2) is 60.0 Å². The molecule has 1 aliphatic rings. The fraction of sp³-hybridized carbons (Fsp3) is 0.400. The van der Waals surface area contributed by atoms with Gasteiger partial charge in [0.05, 0.1) is 30.5 Å². The second-order valence-electron chi connectivity index (χ2n) is 5.33. The summed E-state index contributed by atoms with van der Waals surface area (Å²) in [7, 11) is 0. The van der Waals surface area contributed by atoms with Crippen LogP contribution >= 0.6 is 0 Å². The van der Waals surface area contributed by atoms with Gasteiger partial charge in [0, 0.05) is 25.5 Å². The first kappa shape index (κ1) is 14.7. The SMILES string of the molecule is O=c1[nH]c(C([O-])=NCCN2CC[NH2+]CC2)nc2ccccc12. The quantitative estimate of drug-likeness (QED) is 0.499. The Morgan fingerprint density at radius 1 is 1.36 bits per heavy atom. The van der Waals surface area contributed by atoms with E-state index >= 15 is 0 Å². The number of hydrogen-bond acceptors (Lipinski definition) is 5. The van der Waals surface area contributed by atoms with E-state index in [2.05, 4.69) is 25.2 Å². The third-order valence-corrected chi connectivity index (χ3v) is 3.79. The molecule has 22 heavy (non-hydrogen) atoms. The van der Waals surface area contributed by atoms with Gasteiger partial charge in [0.1, 0.15) is 5.82 Å². The van der Waals surface area contributed by atoms with Crippen LogP contribution in [0.2, 0.25) is 0 Å². The normalized spacial score (nSPS) is 17.0. The zero-order valence-corrected chi connectivity index (χ0v) is 12.3. The van der Waals surface area contributed by atoms with E-state index in [4.69, 9.17) is 0 Å². The largest absolute Gasteiger partial charge is 0.856 e. The number of nitrogens with one attached hydrogen (secondary N) is 1. The van der Waals surface area contributed by atoms with E-state index < -0.39 is 5.90 Å². The van der Waals surface area contributed by atoms with E-state index in [9.17, 15) is 9.90 Å². The Kier molecular flexibility index (Phi) is 4.45. The van der Waals surface area contributed by atoms with Crippen molar-refractivity contribution in [3.63, 3.8) is 0 Å². The van der Waals surface area contributed by atoms with E-state index in [-0.39, 0.29) is 11.4 Å². The summed E-state index contributed by atoms with van der Waals surface area (Å²) in [6.45, 7) is 5.41. The molecular weight excluding hydrogens is 282 g/mol. The molecule has 7 heteroatoms. The predicted octanol–water partition coefficient (Wildman–Crippen LogP) is -2.09. The maximum Gasteiger partial charge on any atom is 0.259 e. The standard InChI is InChI=1S/C15H19N5O2/c21-14-11-3-1-2-4-12(11)18-13(19-14)15(22)17-7-10-20-8-5-16-6-9-20/h1-4,16H,5-10H2,(H,17,22)(H,18,19,21). The number of aromatic nitrogens is 2. The topological polar surface area (TPSA) is 101 Å². The monoisotopic (exact) mass is 301 g/mol. The van der Waals surface area contributed by atoms with Gasteiger partial charge in [0.2, 0.25) is 0 Å². The van der Waals surface area contributed by atoms with Crippen LogP contribution < -0.4 is 16.0 Å². The molecule has 7 nitrogen and oxygen atoms in total. The third-order valence-electron chi connectivity index (χ3n) is 3.79. The Morgan fingerprint density at radius 3 is 2.95 bits per heavy atom. The van der Waals surface area contributed by atoms with E-state index in [1.54, 1.807) is 24.3 Å². The molecule has 0 amide bonds. The molecule has 0 bridgehead atoms. The second kappa shape index (κ2) is 6.67. The molecule has 3 N–H and O–H groups in total. The van der Waals surface area contributed by atoms with Gasteiger partial charge in [0.15, 0.2) is 0 Å². The van der Waals surface area contributed by atoms with Gasteiger partial charge in [-0.15, -0.1) is 0 Å². The van der Waals surface area contributed by atoms with Crippen molar-refractivity contribution in [3.05, 3.63) is 40.4 Å². The predicted molar refractivity (Wildman–Crippen MR) is 81.9 cm³/mol. The smallest absolute Gasteiger partial charge is 0.259 e. The number of benzene rings is 1. The number of H-pyrrole nitrogens is 1.